The number of nitrogens with one attached hydrogen (secondary N) is 1. The van der Waals surface area contributed by atoms with Crippen molar-refractivity contribution in [1.82, 2.24) is 15.2 Å². The summed E-state index contributed by atoms with van der Waals surface area (Å²) in [6, 6.07) is 7.84. The highest BCUT2D eigenvalue weighted by Crippen LogP contribution is 2.32. The number of hydrogen-bond donors (Lipinski definition) is 1. The molecule has 1 fully saturated rings. The number of amides is 1. The predicted molar refractivity (Wildman–Crippen MR) is 103 cm³/mol. The molecule has 0 bridgehead atoms. The van der Waals surface area contributed by atoms with Gasteiger partial charge in [-0.2, -0.15) is 0 Å². The van der Waals surface area contributed by atoms with Gasteiger partial charge < -0.3 is 14.8 Å². The highest BCUT2D eigenvalue weighted by molar-refractivity contribution is 7.13. The van der Waals surface area contributed by atoms with Gasteiger partial charge in [0.2, 0.25) is 5.91 Å². The molecule has 1 aromatic heterocycles. The van der Waals surface area contributed by atoms with E-state index in [-0.39, 0.29) is 5.91 Å². The van der Waals surface area contributed by atoms with Crippen molar-refractivity contribution in [2.45, 2.75) is 12.8 Å². The van der Waals surface area contributed by atoms with Crippen LogP contribution in [-0.2, 0) is 16.0 Å². The average molecular weight is 375 g/mol. The molecule has 1 aliphatic heterocycles. The zero-order valence-electron chi connectivity index (χ0n) is 15.1. The summed E-state index contributed by atoms with van der Waals surface area (Å²) in [7, 11) is 1.66. The molecule has 1 aliphatic rings. The smallest absolute Gasteiger partial charge is 0.220 e. The van der Waals surface area contributed by atoms with Crippen LogP contribution in [-0.4, -0.2) is 62.3 Å². The number of rotatable bonds is 8. The second-order valence-corrected chi connectivity index (χ2v) is 7.01. The van der Waals surface area contributed by atoms with Crippen LogP contribution < -0.4 is 10.1 Å². The molecule has 6 nitrogen and oxygen atoms in total. The van der Waals surface area contributed by atoms with Crippen LogP contribution in [0.15, 0.2) is 29.6 Å². The number of thiazole rings is 1. The number of aromatic nitrogens is 1. The summed E-state index contributed by atoms with van der Waals surface area (Å²) >= 11 is 1.58. The average Bonchev–Trinajstić information content (AvgIpc) is 3.16. The third-order valence-electron chi connectivity index (χ3n) is 4.35. The SMILES string of the molecule is COc1ccccc1-c1nc(CCC(=O)NCCN2CCOCC2)cs1. The van der Waals surface area contributed by atoms with E-state index in [1.54, 1.807) is 18.4 Å². The number of nitrogens with zero attached hydrogens (tertiary/aromatic N) is 2. The minimum absolute atomic E-state index is 0.0742. The second kappa shape index (κ2) is 9.66. The third-order valence-corrected chi connectivity index (χ3v) is 5.28. The fourth-order valence-electron chi connectivity index (χ4n) is 2.88. The molecule has 2 heterocycles. The van der Waals surface area contributed by atoms with Gasteiger partial charge in [0, 0.05) is 38.0 Å². The summed E-state index contributed by atoms with van der Waals surface area (Å²) in [4.78, 5) is 19.0. The second-order valence-electron chi connectivity index (χ2n) is 6.15. The molecule has 140 valence electrons. The van der Waals surface area contributed by atoms with Gasteiger partial charge in [-0.1, -0.05) is 12.1 Å². The summed E-state index contributed by atoms with van der Waals surface area (Å²) in [6.07, 6.45) is 1.10. The lowest BCUT2D eigenvalue weighted by molar-refractivity contribution is -0.121. The van der Waals surface area contributed by atoms with Crippen molar-refractivity contribution in [3.63, 3.8) is 0 Å². The van der Waals surface area contributed by atoms with Crippen LogP contribution in [0.3, 0.4) is 0 Å². The molecule has 0 unspecified atom stereocenters. The van der Waals surface area contributed by atoms with Gasteiger partial charge in [0.05, 0.1) is 31.6 Å². The van der Waals surface area contributed by atoms with E-state index in [2.05, 4.69) is 15.2 Å². The van der Waals surface area contributed by atoms with Crippen LogP contribution in [0.1, 0.15) is 12.1 Å². The molecule has 2 aromatic rings. The fraction of sp³-hybridized carbons (Fsp3) is 0.474. The van der Waals surface area contributed by atoms with E-state index in [4.69, 9.17) is 9.47 Å². The number of hydrogen-bond acceptors (Lipinski definition) is 6. The van der Waals surface area contributed by atoms with Crippen molar-refractivity contribution in [1.29, 1.82) is 0 Å². The summed E-state index contributed by atoms with van der Waals surface area (Å²) in [5.41, 5.74) is 1.93. The van der Waals surface area contributed by atoms with Gasteiger partial charge in [0.1, 0.15) is 10.8 Å². The Hall–Kier alpha value is -1.96. The fourth-order valence-corrected chi connectivity index (χ4v) is 3.76. The maximum absolute atomic E-state index is 12.0. The lowest BCUT2D eigenvalue weighted by Gasteiger charge is -2.26. The number of morpholine rings is 1. The summed E-state index contributed by atoms with van der Waals surface area (Å²) in [6.45, 7) is 5.02. The monoisotopic (exact) mass is 375 g/mol. The Morgan fingerprint density at radius 1 is 1.35 bits per heavy atom. The summed E-state index contributed by atoms with van der Waals surface area (Å²) in [5.74, 6) is 0.888. The third kappa shape index (κ3) is 5.27. The van der Waals surface area contributed by atoms with Gasteiger partial charge in [-0.25, -0.2) is 4.98 Å². The minimum atomic E-state index is 0.0742. The number of para-hydroxylation sites is 1. The van der Waals surface area contributed by atoms with Gasteiger partial charge in [0.25, 0.3) is 0 Å². The summed E-state index contributed by atoms with van der Waals surface area (Å²) < 4.78 is 10.7. The van der Waals surface area contributed by atoms with Crippen molar-refractivity contribution in [2.75, 3.05) is 46.5 Å². The molecule has 0 aliphatic carbocycles. The largest absolute Gasteiger partial charge is 0.496 e. The van der Waals surface area contributed by atoms with Crippen LogP contribution in [0, 0.1) is 0 Å². The first-order valence-corrected chi connectivity index (χ1v) is 9.79. The molecular formula is C19H25N3O3S. The van der Waals surface area contributed by atoms with E-state index in [1.165, 1.54) is 0 Å². The predicted octanol–water partition coefficient (Wildman–Crippen LogP) is 2.20. The topological polar surface area (TPSA) is 63.7 Å². The van der Waals surface area contributed by atoms with Crippen LogP contribution in [0.4, 0.5) is 0 Å². The normalized spacial score (nSPS) is 15.0. The van der Waals surface area contributed by atoms with Crippen molar-refractivity contribution < 1.29 is 14.3 Å². The van der Waals surface area contributed by atoms with E-state index >= 15 is 0 Å². The quantitative estimate of drug-likeness (QED) is 0.766. The van der Waals surface area contributed by atoms with E-state index < -0.39 is 0 Å². The van der Waals surface area contributed by atoms with Crippen LogP contribution >= 0.6 is 11.3 Å². The molecule has 0 atom stereocenters. The number of aryl methyl sites for hydroxylation is 1. The zero-order valence-corrected chi connectivity index (χ0v) is 15.9. The van der Waals surface area contributed by atoms with Crippen LogP contribution in [0.5, 0.6) is 5.75 Å². The van der Waals surface area contributed by atoms with Crippen molar-refractivity contribution in [2.24, 2.45) is 0 Å². The highest BCUT2D eigenvalue weighted by atomic mass is 32.1. The first-order chi connectivity index (χ1) is 12.8. The van der Waals surface area contributed by atoms with Crippen LogP contribution in [0.2, 0.25) is 0 Å². The van der Waals surface area contributed by atoms with Crippen molar-refractivity contribution >= 4 is 17.2 Å². The zero-order chi connectivity index (χ0) is 18.2. The van der Waals surface area contributed by atoms with E-state index in [0.29, 0.717) is 19.4 Å². The van der Waals surface area contributed by atoms with E-state index in [1.807, 2.05) is 29.6 Å². The number of ether oxygens (including phenoxy) is 2. The van der Waals surface area contributed by atoms with E-state index in [9.17, 15) is 4.79 Å². The van der Waals surface area contributed by atoms with Gasteiger partial charge in [-0.15, -0.1) is 11.3 Å². The first kappa shape index (κ1) is 18.8. The highest BCUT2D eigenvalue weighted by Gasteiger charge is 2.12. The maximum Gasteiger partial charge on any atom is 0.220 e. The maximum atomic E-state index is 12.0. The Morgan fingerprint density at radius 2 is 2.15 bits per heavy atom. The Kier molecular flexibility index (Phi) is 6.99. The summed E-state index contributed by atoms with van der Waals surface area (Å²) in [5, 5.41) is 5.93. The number of carbonyl (C=O) groups excluding carboxylic acids is 1. The van der Waals surface area contributed by atoms with Gasteiger partial charge in [-0.3, -0.25) is 9.69 Å². The Bertz CT molecular complexity index is 714. The molecule has 1 N–H and O–H groups in total. The molecule has 1 aromatic carbocycles. The molecule has 7 heteroatoms. The lowest BCUT2D eigenvalue weighted by atomic mass is 10.2. The molecule has 0 spiro atoms. The standard InChI is InChI=1S/C19H25N3O3S/c1-24-17-5-3-2-4-16(17)19-21-15(14-26-19)6-7-18(23)20-8-9-22-10-12-25-13-11-22/h2-5,14H,6-13H2,1H3,(H,20,23). The Balaban J connectivity index is 1.43. The number of benzene rings is 1. The first-order valence-electron chi connectivity index (χ1n) is 8.91. The Morgan fingerprint density at radius 3 is 2.96 bits per heavy atom. The molecule has 26 heavy (non-hydrogen) atoms. The van der Waals surface area contributed by atoms with Crippen molar-refractivity contribution in [3.8, 4) is 16.3 Å². The van der Waals surface area contributed by atoms with E-state index in [0.717, 1.165) is 54.9 Å². The molecule has 1 amide bonds. The molecular weight excluding hydrogens is 350 g/mol. The Labute approximate surface area is 158 Å². The minimum Gasteiger partial charge on any atom is -0.496 e. The lowest BCUT2D eigenvalue weighted by Crippen LogP contribution is -2.41. The van der Waals surface area contributed by atoms with Crippen molar-refractivity contribution in [3.05, 3.63) is 35.3 Å². The van der Waals surface area contributed by atoms with Gasteiger partial charge in [0.15, 0.2) is 0 Å². The number of carbonyl (C=O) groups is 1. The molecule has 0 saturated carbocycles. The number of methoxy groups -OCH3 is 1. The molecule has 3 rings (SSSR count). The van der Waals surface area contributed by atoms with Gasteiger partial charge >= 0.3 is 0 Å². The van der Waals surface area contributed by atoms with Crippen LogP contribution in [0.25, 0.3) is 10.6 Å². The molecule has 1 saturated heterocycles. The van der Waals surface area contributed by atoms with Gasteiger partial charge in [-0.05, 0) is 18.6 Å². The molecule has 0 radical (unpaired) electrons.